The van der Waals surface area contributed by atoms with E-state index in [0.29, 0.717) is 31.3 Å². The van der Waals surface area contributed by atoms with Crippen molar-refractivity contribution in [2.75, 3.05) is 40.3 Å². The maximum Gasteiger partial charge on any atom is 0.409 e. The molecule has 7 nitrogen and oxygen atoms in total. The Balaban J connectivity index is 4.54. The number of primary amides is 1. The first-order valence-electron chi connectivity index (χ1n) is 8.64. The first-order chi connectivity index (χ1) is 11.1. The number of amides is 2. The normalized spacial score (nSPS) is 12.5. The van der Waals surface area contributed by atoms with Crippen molar-refractivity contribution < 1.29 is 19.1 Å². The molecule has 0 aliphatic carbocycles. The van der Waals surface area contributed by atoms with Gasteiger partial charge in [0.2, 0.25) is 0 Å². The largest absolute Gasteiger partial charge is 0.445 e. The molecule has 0 saturated carbocycles. The summed E-state index contributed by atoms with van der Waals surface area (Å²) in [7, 11) is 3.94. The Labute approximate surface area is 146 Å². The van der Waals surface area contributed by atoms with E-state index < -0.39 is 12.2 Å². The van der Waals surface area contributed by atoms with Gasteiger partial charge in [-0.05, 0) is 45.3 Å². The molecule has 0 saturated heterocycles. The topological polar surface area (TPSA) is 85.1 Å². The second kappa shape index (κ2) is 11.9. The summed E-state index contributed by atoms with van der Waals surface area (Å²) in [6.45, 7) is 10.4. The van der Waals surface area contributed by atoms with E-state index in [1.165, 1.54) is 0 Å². The summed E-state index contributed by atoms with van der Waals surface area (Å²) in [6.07, 6.45) is -0.302. The van der Waals surface area contributed by atoms with E-state index in [0.717, 1.165) is 13.0 Å². The molecule has 0 rings (SSSR count). The SMILES string of the molecule is CC(C)CN(CC(C)C)C(=O)OC[C@H](CCCN(C)C)OC(N)=O. The van der Waals surface area contributed by atoms with E-state index in [9.17, 15) is 9.59 Å². The average Bonchev–Trinajstić information content (AvgIpc) is 2.41. The molecule has 1 atom stereocenters. The highest BCUT2D eigenvalue weighted by molar-refractivity contribution is 5.68. The van der Waals surface area contributed by atoms with E-state index in [4.69, 9.17) is 15.2 Å². The molecule has 0 unspecified atom stereocenters. The van der Waals surface area contributed by atoms with Gasteiger partial charge in [-0.25, -0.2) is 9.59 Å². The lowest BCUT2D eigenvalue weighted by Gasteiger charge is -2.26. The van der Waals surface area contributed by atoms with Gasteiger partial charge >= 0.3 is 12.2 Å². The average molecular weight is 345 g/mol. The molecule has 2 amide bonds. The van der Waals surface area contributed by atoms with Crippen LogP contribution in [0.3, 0.4) is 0 Å². The molecule has 0 aliphatic rings. The molecule has 7 heteroatoms. The Morgan fingerprint density at radius 2 is 1.58 bits per heavy atom. The molecule has 2 N–H and O–H groups in total. The predicted molar refractivity (Wildman–Crippen MR) is 94.8 cm³/mol. The molecule has 0 spiro atoms. The summed E-state index contributed by atoms with van der Waals surface area (Å²) in [5.74, 6) is 0.711. The second-order valence-electron chi connectivity index (χ2n) is 7.27. The molecule has 0 aromatic heterocycles. The summed E-state index contributed by atoms with van der Waals surface area (Å²) < 4.78 is 10.4. The van der Waals surface area contributed by atoms with Gasteiger partial charge < -0.3 is 25.0 Å². The number of carbonyl (C=O) groups excluding carboxylic acids is 2. The van der Waals surface area contributed by atoms with Crippen LogP contribution in [0.1, 0.15) is 40.5 Å². The maximum atomic E-state index is 12.3. The summed E-state index contributed by atoms with van der Waals surface area (Å²) in [5, 5.41) is 0. The molecule has 142 valence electrons. The van der Waals surface area contributed by atoms with Gasteiger partial charge in [-0.3, -0.25) is 0 Å². The molecular formula is C17H35N3O4. The quantitative estimate of drug-likeness (QED) is 0.622. The standard InChI is InChI=1S/C17H35N3O4/c1-13(2)10-20(11-14(3)4)17(22)23-12-15(24-16(18)21)8-7-9-19(5)6/h13-15H,7-12H2,1-6H3,(H2,18,21)/t15-/m0/s1. The van der Waals surface area contributed by atoms with E-state index in [-0.39, 0.29) is 12.7 Å². The fourth-order valence-corrected chi connectivity index (χ4v) is 2.34. The third-order valence-electron chi connectivity index (χ3n) is 3.24. The van der Waals surface area contributed by atoms with Gasteiger partial charge in [-0.1, -0.05) is 27.7 Å². The second-order valence-corrected chi connectivity index (χ2v) is 7.27. The summed E-state index contributed by atoms with van der Waals surface area (Å²) in [5.41, 5.74) is 5.10. The van der Waals surface area contributed by atoms with Crippen molar-refractivity contribution in [1.82, 2.24) is 9.80 Å². The van der Waals surface area contributed by atoms with E-state index in [2.05, 4.69) is 27.7 Å². The number of ether oxygens (including phenoxy) is 2. The molecule has 0 aromatic carbocycles. The zero-order chi connectivity index (χ0) is 18.7. The molecule has 0 fully saturated rings. The number of hydrogen-bond acceptors (Lipinski definition) is 5. The van der Waals surface area contributed by atoms with Crippen LogP contribution >= 0.6 is 0 Å². The third kappa shape index (κ3) is 12.0. The molecular weight excluding hydrogens is 310 g/mol. The van der Waals surface area contributed by atoms with Crippen LogP contribution in [0.25, 0.3) is 0 Å². The Kier molecular flexibility index (Phi) is 11.2. The summed E-state index contributed by atoms with van der Waals surface area (Å²) in [6, 6.07) is 0. The number of hydrogen-bond donors (Lipinski definition) is 1. The Morgan fingerprint density at radius 1 is 1.04 bits per heavy atom. The maximum absolute atomic E-state index is 12.3. The van der Waals surface area contributed by atoms with E-state index in [1.807, 2.05) is 19.0 Å². The Hall–Kier alpha value is -1.50. The van der Waals surface area contributed by atoms with Gasteiger partial charge in [0.15, 0.2) is 0 Å². The molecule has 0 bridgehead atoms. The monoisotopic (exact) mass is 345 g/mol. The minimum absolute atomic E-state index is 0.0297. The minimum Gasteiger partial charge on any atom is -0.445 e. The first kappa shape index (κ1) is 22.5. The number of nitrogens with two attached hydrogens (primary N) is 1. The van der Waals surface area contributed by atoms with Crippen LogP contribution in [0, 0.1) is 11.8 Å². The molecule has 0 aliphatic heterocycles. The summed E-state index contributed by atoms with van der Waals surface area (Å²) >= 11 is 0. The van der Waals surface area contributed by atoms with Gasteiger partial charge in [0.25, 0.3) is 0 Å². The first-order valence-corrected chi connectivity index (χ1v) is 8.64. The summed E-state index contributed by atoms with van der Waals surface area (Å²) in [4.78, 5) is 27.1. The Morgan fingerprint density at radius 3 is 2.00 bits per heavy atom. The van der Waals surface area contributed by atoms with Gasteiger partial charge in [0.1, 0.15) is 12.7 Å². The van der Waals surface area contributed by atoms with Crippen LogP contribution in [-0.2, 0) is 9.47 Å². The molecule has 0 radical (unpaired) electrons. The van der Waals surface area contributed by atoms with Crippen molar-refractivity contribution in [2.45, 2.75) is 46.6 Å². The smallest absolute Gasteiger partial charge is 0.409 e. The van der Waals surface area contributed by atoms with Crippen molar-refractivity contribution in [3.63, 3.8) is 0 Å². The third-order valence-corrected chi connectivity index (χ3v) is 3.24. The lowest BCUT2D eigenvalue weighted by atomic mass is 10.1. The van der Waals surface area contributed by atoms with Crippen LogP contribution in [-0.4, -0.2) is 68.4 Å². The van der Waals surface area contributed by atoms with Crippen molar-refractivity contribution in [3.05, 3.63) is 0 Å². The fraction of sp³-hybridized carbons (Fsp3) is 0.882. The number of nitrogens with zero attached hydrogens (tertiary/aromatic N) is 2. The van der Waals surface area contributed by atoms with E-state index in [1.54, 1.807) is 4.90 Å². The predicted octanol–water partition coefficient (Wildman–Crippen LogP) is 2.54. The highest BCUT2D eigenvalue weighted by Crippen LogP contribution is 2.09. The fourth-order valence-electron chi connectivity index (χ4n) is 2.34. The van der Waals surface area contributed by atoms with Crippen LogP contribution < -0.4 is 5.73 Å². The molecule has 0 aromatic rings. The number of rotatable bonds is 11. The zero-order valence-electron chi connectivity index (χ0n) is 16.1. The highest BCUT2D eigenvalue weighted by atomic mass is 16.6. The van der Waals surface area contributed by atoms with Gasteiger partial charge in [0.05, 0.1) is 0 Å². The highest BCUT2D eigenvalue weighted by Gasteiger charge is 2.21. The van der Waals surface area contributed by atoms with Gasteiger partial charge in [0, 0.05) is 13.1 Å². The zero-order valence-corrected chi connectivity index (χ0v) is 16.1. The number of carbonyl (C=O) groups is 2. The molecule has 24 heavy (non-hydrogen) atoms. The Bertz CT molecular complexity index is 363. The van der Waals surface area contributed by atoms with Crippen molar-refractivity contribution in [3.8, 4) is 0 Å². The molecule has 0 heterocycles. The van der Waals surface area contributed by atoms with E-state index >= 15 is 0 Å². The lowest BCUT2D eigenvalue weighted by molar-refractivity contribution is 0.0272. The van der Waals surface area contributed by atoms with Gasteiger partial charge in [-0.15, -0.1) is 0 Å². The van der Waals surface area contributed by atoms with Crippen molar-refractivity contribution in [2.24, 2.45) is 17.6 Å². The minimum atomic E-state index is -0.845. The van der Waals surface area contributed by atoms with Crippen LogP contribution in [0.5, 0.6) is 0 Å². The van der Waals surface area contributed by atoms with Crippen LogP contribution in [0.4, 0.5) is 9.59 Å². The van der Waals surface area contributed by atoms with Crippen LogP contribution in [0.15, 0.2) is 0 Å². The van der Waals surface area contributed by atoms with Gasteiger partial charge in [-0.2, -0.15) is 0 Å². The lowest BCUT2D eigenvalue weighted by Crippen LogP contribution is -2.39. The van der Waals surface area contributed by atoms with Crippen molar-refractivity contribution >= 4 is 12.2 Å². The van der Waals surface area contributed by atoms with Crippen LogP contribution in [0.2, 0.25) is 0 Å². The van der Waals surface area contributed by atoms with Crippen molar-refractivity contribution in [1.29, 1.82) is 0 Å².